The molecular weight excluding hydrogens is 390 g/mol. The highest BCUT2D eigenvalue weighted by atomic mass is 16.3. The van der Waals surface area contributed by atoms with E-state index in [1.165, 1.54) is 0 Å². The van der Waals surface area contributed by atoms with E-state index in [0.717, 1.165) is 17.7 Å². The highest BCUT2D eigenvalue weighted by Crippen LogP contribution is 2.48. The predicted octanol–water partition coefficient (Wildman–Crippen LogP) is 2.53. The van der Waals surface area contributed by atoms with Crippen LogP contribution in [0, 0.1) is 11.8 Å². The zero-order valence-electron chi connectivity index (χ0n) is 18.2. The van der Waals surface area contributed by atoms with Crippen LogP contribution in [0.15, 0.2) is 47.3 Å². The zero-order chi connectivity index (χ0) is 22.0. The highest BCUT2D eigenvalue weighted by molar-refractivity contribution is 5.82. The summed E-state index contributed by atoms with van der Waals surface area (Å²) in [4.78, 5) is 28.3. The largest absolute Gasteiger partial charge is 0.396 e. The van der Waals surface area contributed by atoms with Crippen LogP contribution in [0.4, 0.5) is 0 Å². The fourth-order valence-corrected chi connectivity index (χ4v) is 5.23. The van der Waals surface area contributed by atoms with Gasteiger partial charge in [-0.15, -0.1) is 0 Å². The van der Waals surface area contributed by atoms with Crippen LogP contribution in [0.5, 0.6) is 0 Å². The summed E-state index contributed by atoms with van der Waals surface area (Å²) in [5, 5.41) is 13.2. The van der Waals surface area contributed by atoms with E-state index in [1.54, 1.807) is 0 Å². The monoisotopic (exact) mass is 421 g/mol. The molecule has 164 valence electrons. The lowest BCUT2D eigenvalue weighted by Crippen LogP contribution is -2.48. The number of rotatable bonds is 7. The molecule has 4 atom stereocenters. The van der Waals surface area contributed by atoms with E-state index in [1.807, 2.05) is 73.0 Å². The fourth-order valence-electron chi connectivity index (χ4n) is 5.23. The SMILES string of the molecule is CCCNC(=O)[C@@H]1[C@@H](CO)[C@@H]2Cn3c(ccc(/C=C/c4ccccc4)c3=O)[C@@H]2N1CC. The van der Waals surface area contributed by atoms with Gasteiger partial charge in [-0.05, 0) is 36.7 Å². The molecule has 1 aromatic heterocycles. The first kappa shape index (κ1) is 21.5. The number of nitrogens with one attached hydrogen (secondary N) is 1. The summed E-state index contributed by atoms with van der Waals surface area (Å²) in [6.07, 6.45) is 4.68. The van der Waals surface area contributed by atoms with Crippen LogP contribution in [0.1, 0.15) is 43.1 Å². The van der Waals surface area contributed by atoms with Crippen LogP contribution in [0.25, 0.3) is 12.2 Å². The molecule has 2 N–H and O–H groups in total. The van der Waals surface area contributed by atoms with Gasteiger partial charge in [-0.1, -0.05) is 50.3 Å². The second-order valence-electron chi connectivity index (χ2n) is 8.39. The number of aliphatic hydroxyl groups excluding tert-OH is 1. The van der Waals surface area contributed by atoms with E-state index in [-0.39, 0.29) is 42.0 Å². The summed E-state index contributed by atoms with van der Waals surface area (Å²) >= 11 is 0. The van der Waals surface area contributed by atoms with E-state index < -0.39 is 0 Å². The number of amides is 1. The third-order valence-corrected chi connectivity index (χ3v) is 6.66. The summed E-state index contributed by atoms with van der Waals surface area (Å²) < 4.78 is 1.84. The molecule has 1 amide bonds. The van der Waals surface area contributed by atoms with Crippen molar-refractivity contribution >= 4 is 18.1 Å². The Hall–Kier alpha value is -2.70. The van der Waals surface area contributed by atoms with E-state index in [4.69, 9.17) is 0 Å². The number of pyridine rings is 1. The van der Waals surface area contributed by atoms with Gasteiger partial charge in [0.2, 0.25) is 5.91 Å². The zero-order valence-corrected chi connectivity index (χ0v) is 18.2. The summed E-state index contributed by atoms with van der Waals surface area (Å²) in [5.41, 5.74) is 2.62. The molecule has 2 aromatic rings. The van der Waals surface area contributed by atoms with Crippen molar-refractivity contribution in [3.05, 3.63) is 69.6 Å². The maximum atomic E-state index is 13.2. The van der Waals surface area contributed by atoms with Crippen molar-refractivity contribution in [2.75, 3.05) is 19.7 Å². The second-order valence-corrected chi connectivity index (χ2v) is 8.39. The van der Waals surface area contributed by atoms with Crippen molar-refractivity contribution < 1.29 is 9.90 Å². The lowest BCUT2D eigenvalue weighted by Gasteiger charge is -2.29. The topological polar surface area (TPSA) is 74.6 Å². The summed E-state index contributed by atoms with van der Waals surface area (Å²) in [5.74, 6) is -0.166. The van der Waals surface area contributed by atoms with Crippen LogP contribution in [-0.2, 0) is 11.3 Å². The molecular formula is C25H31N3O3. The van der Waals surface area contributed by atoms with Gasteiger partial charge >= 0.3 is 0 Å². The summed E-state index contributed by atoms with van der Waals surface area (Å²) in [6.45, 7) is 5.85. The average Bonchev–Trinajstić information content (AvgIpc) is 3.32. The van der Waals surface area contributed by atoms with Crippen molar-refractivity contribution in [3.63, 3.8) is 0 Å². The Kier molecular flexibility index (Phi) is 6.39. The van der Waals surface area contributed by atoms with Gasteiger partial charge in [0.25, 0.3) is 5.56 Å². The van der Waals surface area contributed by atoms with Gasteiger partial charge in [0.1, 0.15) is 0 Å². The van der Waals surface area contributed by atoms with E-state index >= 15 is 0 Å². The van der Waals surface area contributed by atoms with Gasteiger partial charge in [-0.2, -0.15) is 0 Å². The first-order valence-electron chi connectivity index (χ1n) is 11.2. The van der Waals surface area contributed by atoms with Crippen LogP contribution < -0.4 is 10.9 Å². The predicted molar refractivity (Wildman–Crippen MR) is 122 cm³/mol. The maximum absolute atomic E-state index is 13.2. The standard InChI is InChI=1S/C25H31N3O3/c1-3-14-26-24(30)23-20(16-29)19-15-28-21(22(19)27(23)4-2)13-12-18(25(28)31)11-10-17-8-6-5-7-9-17/h5-13,19-20,22-23,29H,3-4,14-16H2,1-2H3,(H,26,30)/b11-10+/t19-,20-,22+,23-/m0/s1. The number of hydrogen-bond donors (Lipinski definition) is 2. The van der Waals surface area contributed by atoms with Gasteiger partial charge < -0.3 is 15.0 Å². The third-order valence-electron chi connectivity index (χ3n) is 6.66. The minimum atomic E-state index is -0.363. The Bertz CT molecular complexity index is 1010. The van der Waals surface area contributed by atoms with Crippen molar-refractivity contribution in [1.82, 2.24) is 14.8 Å². The molecule has 31 heavy (non-hydrogen) atoms. The van der Waals surface area contributed by atoms with Gasteiger partial charge in [-0.3, -0.25) is 14.5 Å². The Morgan fingerprint density at radius 2 is 1.94 bits per heavy atom. The van der Waals surface area contributed by atoms with Crippen LogP contribution in [-0.4, -0.2) is 46.2 Å². The van der Waals surface area contributed by atoms with E-state index in [2.05, 4.69) is 10.2 Å². The second kappa shape index (κ2) is 9.20. The molecule has 1 saturated heterocycles. The lowest BCUT2D eigenvalue weighted by atomic mass is 9.88. The first-order chi connectivity index (χ1) is 15.1. The van der Waals surface area contributed by atoms with Gasteiger partial charge in [0, 0.05) is 42.8 Å². The normalized spacial score (nSPS) is 25.0. The van der Waals surface area contributed by atoms with E-state index in [9.17, 15) is 14.7 Å². The van der Waals surface area contributed by atoms with Crippen molar-refractivity contribution in [1.29, 1.82) is 0 Å². The molecule has 0 bridgehead atoms. The van der Waals surface area contributed by atoms with Crippen LogP contribution in [0.2, 0.25) is 0 Å². The van der Waals surface area contributed by atoms with Crippen molar-refractivity contribution in [3.8, 4) is 0 Å². The smallest absolute Gasteiger partial charge is 0.258 e. The van der Waals surface area contributed by atoms with E-state index in [0.29, 0.717) is 25.2 Å². The average molecular weight is 422 g/mol. The molecule has 2 aliphatic heterocycles. The Labute approximate surface area is 183 Å². The Morgan fingerprint density at radius 1 is 1.16 bits per heavy atom. The molecule has 3 heterocycles. The number of carbonyl (C=O) groups excluding carboxylic acids is 1. The third kappa shape index (κ3) is 3.86. The molecule has 0 radical (unpaired) electrons. The number of aliphatic hydroxyl groups is 1. The number of likely N-dealkylation sites (N-methyl/N-ethyl adjacent to an activating group) is 1. The van der Waals surface area contributed by atoms with Crippen molar-refractivity contribution in [2.24, 2.45) is 11.8 Å². The lowest BCUT2D eigenvalue weighted by molar-refractivity contribution is -0.127. The number of benzene rings is 1. The molecule has 4 rings (SSSR count). The number of aromatic nitrogens is 1. The molecule has 2 aliphatic rings. The molecule has 0 spiro atoms. The minimum absolute atomic E-state index is 0.0150. The number of carbonyl (C=O) groups is 1. The molecule has 0 saturated carbocycles. The van der Waals surface area contributed by atoms with Crippen LogP contribution in [0.3, 0.4) is 0 Å². The van der Waals surface area contributed by atoms with Crippen LogP contribution >= 0.6 is 0 Å². The number of fused-ring (bicyclic) bond motifs is 3. The highest BCUT2D eigenvalue weighted by Gasteiger charge is 2.54. The van der Waals surface area contributed by atoms with Gasteiger partial charge in [-0.25, -0.2) is 0 Å². The Morgan fingerprint density at radius 3 is 2.61 bits per heavy atom. The molecule has 0 unspecified atom stereocenters. The molecule has 0 aliphatic carbocycles. The molecule has 6 nitrogen and oxygen atoms in total. The number of hydrogen-bond acceptors (Lipinski definition) is 4. The molecule has 1 fully saturated rings. The molecule has 1 aromatic carbocycles. The quantitative estimate of drug-likeness (QED) is 0.721. The molecule has 6 heteroatoms. The fraction of sp³-hybridized carbons (Fsp3) is 0.440. The number of likely N-dealkylation sites (tertiary alicyclic amines) is 1. The Balaban J connectivity index is 1.65. The minimum Gasteiger partial charge on any atom is -0.396 e. The maximum Gasteiger partial charge on any atom is 0.258 e. The summed E-state index contributed by atoms with van der Waals surface area (Å²) in [7, 11) is 0. The number of nitrogens with zero attached hydrogens (tertiary/aromatic N) is 2. The van der Waals surface area contributed by atoms with Gasteiger partial charge in [0.05, 0.1) is 12.1 Å². The first-order valence-corrected chi connectivity index (χ1v) is 11.2. The summed E-state index contributed by atoms with van der Waals surface area (Å²) in [6, 6.07) is 13.4. The van der Waals surface area contributed by atoms with Gasteiger partial charge in [0.15, 0.2) is 0 Å². The van der Waals surface area contributed by atoms with Crippen molar-refractivity contribution in [2.45, 2.75) is 38.9 Å².